The van der Waals surface area contributed by atoms with Crippen LogP contribution in [0.25, 0.3) is 0 Å². The molecule has 0 spiro atoms. The standard InChI is InChI=1S/C18H24O2/c1-12-9-13(2)18(10-19)11-20-17(16(12)14(18)3)15-7-5-4-6-8-15/h4-9,13-14,16-17,19H,10-11H2,1-3H3/t13?,14?,16-,17?,18+/m0/s1. The van der Waals surface area contributed by atoms with Gasteiger partial charge in [0.2, 0.25) is 0 Å². The summed E-state index contributed by atoms with van der Waals surface area (Å²) >= 11 is 0. The minimum atomic E-state index is -0.116. The SMILES string of the molecule is CC1=CC(C)[C@@]2(CO)COC(c3ccccc3)[C@@H]1C2C. The average molecular weight is 272 g/mol. The summed E-state index contributed by atoms with van der Waals surface area (Å²) in [6, 6.07) is 10.5. The predicted molar refractivity (Wildman–Crippen MR) is 80.2 cm³/mol. The van der Waals surface area contributed by atoms with Crippen LogP contribution in [-0.2, 0) is 4.74 Å². The fourth-order valence-electron chi connectivity index (χ4n) is 4.23. The van der Waals surface area contributed by atoms with Crippen molar-refractivity contribution in [2.24, 2.45) is 23.2 Å². The Bertz CT molecular complexity index is 507. The van der Waals surface area contributed by atoms with E-state index < -0.39 is 0 Å². The summed E-state index contributed by atoms with van der Waals surface area (Å²) in [5.74, 6) is 1.18. The second-order valence-electron chi connectivity index (χ2n) is 6.55. The van der Waals surface area contributed by atoms with E-state index in [0.29, 0.717) is 24.4 Å². The van der Waals surface area contributed by atoms with Crippen LogP contribution < -0.4 is 0 Å². The predicted octanol–water partition coefficient (Wildman–Crippen LogP) is 3.58. The lowest BCUT2D eigenvalue weighted by molar-refractivity contribution is -0.165. The minimum Gasteiger partial charge on any atom is -0.396 e. The molecule has 1 saturated heterocycles. The lowest BCUT2D eigenvalue weighted by Crippen LogP contribution is -2.53. The zero-order valence-corrected chi connectivity index (χ0v) is 12.5. The van der Waals surface area contributed by atoms with E-state index in [-0.39, 0.29) is 18.1 Å². The number of aliphatic hydroxyl groups excluding tert-OH is 1. The van der Waals surface area contributed by atoms with Crippen LogP contribution in [0.3, 0.4) is 0 Å². The van der Waals surface area contributed by atoms with E-state index >= 15 is 0 Å². The van der Waals surface area contributed by atoms with E-state index in [1.54, 1.807) is 0 Å². The van der Waals surface area contributed by atoms with Crippen molar-refractivity contribution in [1.82, 2.24) is 0 Å². The Balaban J connectivity index is 2.02. The second kappa shape index (κ2) is 5.01. The van der Waals surface area contributed by atoms with Crippen molar-refractivity contribution >= 4 is 0 Å². The fraction of sp³-hybridized carbons (Fsp3) is 0.556. The van der Waals surface area contributed by atoms with Crippen molar-refractivity contribution in [2.75, 3.05) is 13.2 Å². The van der Waals surface area contributed by atoms with Crippen LogP contribution in [0, 0.1) is 23.2 Å². The number of hydrogen-bond donors (Lipinski definition) is 1. The molecular formula is C18H24O2. The number of fused-ring (bicyclic) bond motifs is 2. The van der Waals surface area contributed by atoms with Gasteiger partial charge in [-0.1, -0.05) is 55.8 Å². The molecule has 2 bridgehead atoms. The topological polar surface area (TPSA) is 29.5 Å². The Kier molecular flexibility index (Phi) is 3.47. The maximum atomic E-state index is 9.97. The zero-order valence-electron chi connectivity index (χ0n) is 12.5. The van der Waals surface area contributed by atoms with Gasteiger partial charge >= 0.3 is 0 Å². The molecule has 0 radical (unpaired) electrons. The van der Waals surface area contributed by atoms with Gasteiger partial charge in [0, 0.05) is 11.3 Å². The molecule has 1 fully saturated rings. The summed E-state index contributed by atoms with van der Waals surface area (Å²) in [7, 11) is 0. The summed E-state index contributed by atoms with van der Waals surface area (Å²) in [6.45, 7) is 7.55. The third-order valence-electron chi connectivity index (χ3n) is 5.67. The molecule has 2 heteroatoms. The third kappa shape index (κ3) is 1.86. The molecule has 1 aliphatic carbocycles. The lowest BCUT2D eigenvalue weighted by Gasteiger charge is -2.55. The summed E-state index contributed by atoms with van der Waals surface area (Å²) in [4.78, 5) is 0. The molecule has 0 aromatic heterocycles. The molecule has 5 atom stereocenters. The van der Waals surface area contributed by atoms with Gasteiger partial charge in [0.25, 0.3) is 0 Å². The van der Waals surface area contributed by atoms with Gasteiger partial charge in [0.1, 0.15) is 0 Å². The molecule has 0 amide bonds. The molecule has 2 aliphatic rings. The van der Waals surface area contributed by atoms with Crippen molar-refractivity contribution in [3.63, 3.8) is 0 Å². The van der Waals surface area contributed by atoms with Crippen molar-refractivity contribution in [3.8, 4) is 0 Å². The highest BCUT2D eigenvalue weighted by Crippen LogP contribution is 2.55. The molecular weight excluding hydrogens is 248 g/mol. The van der Waals surface area contributed by atoms with Gasteiger partial charge < -0.3 is 9.84 Å². The number of benzene rings is 1. The Morgan fingerprint density at radius 2 is 1.95 bits per heavy atom. The molecule has 1 aliphatic heterocycles. The Labute approximate surface area is 121 Å². The number of hydrogen-bond acceptors (Lipinski definition) is 2. The first-order chi connectivity index (χ1) is 9.60. The first-order valence-corrected chi connectivity index (χ1v) is 7.56. The van der Waals surface area contributed by atoms with Gasteiger partial charge in [-0.15, -0.1) is 0 Å². The van der Waals surface area contributed by atoms with Crippen molar-refractivity contribution in [2.45, 2.75) is 26.9 Å². The molecule has 0 saturated carbocycles. The quantitative estimate of drug-likeness (QED) is 0.834. The van der Waals surface area contributed by atoms with E-state index in [4.69, 9.17) is 4.74 Å². The van der Waals surface area contributed by atoms with Crippen LogP contribution in [-0.4, -0.2) is 18.3 Å². The molecule has 1 heterocycles. The molecule has 20 heavy (non-hydrogen) atoms. The van der Waals surface area contributed by atoms with Crippen LogP contribution in [0.15, 0.2) is 42.0 Å². The van der Waals surface area contributed by atoms with Gasteiger partial charge in [0.05, 0.1) is 19.3 Å². The van der Waals surface area contributed by atoms with Crippen molar-refractivity contribution in [1.29, 1.82) is 0 Å². The van der Waals surface area contributed by atoms with Crippen LogP contribution in [0.1, 0.15) is 32.4 Å². The van der Waals surface area contributed by atoms with Gasteiger partial charge in [-0.3, -0.25) is 0 Å². The summed E-state index contributed by atoms with van der Waals surface area (Å²) in [5.41, 5.74) is 2.54. The maximum absolute atomic E-state index is 9.97. The van der Waals surface area contributed by atoms with E-state index in [0.717, 1.165) is 0 Å². The fourth-order valence-corrected chi connectivity index (χ4v) is 4.23. The summed E-state index contributed by atoms with van der Waals surface area (Å²) in [5, 5.41) is 9.97. The van der Waals surface area contributed by atoms with Gasteiger partial charge in [-0.2, -0.15) is 0 Å². The lowest BCUT2D eigenvalue weighted by atomic mass is 9.56. The number of rotatable bonds is 2. The highest BCUT2D eigenvalue weighted by molar-refractivity contribution is 5.27. The number of ether oxygens (including phenoxy) is 1. The van der Waals surface area contributed by atoms with E-state index in [1.165, 1.54) is 11.1 Å². The molecule has 1 N–H and O–H groups in total. The highest BCUT2D eigenvalue weighted by Gasteiger charge is 2.53. The largest absolute Gasteiger partial charge is 0.396 e. The summed E-state index contributed by atoms with van der Waals surface area (Å²) in [6.07, 6.45) is 2.47. The Morgan fingerprint density at radius 3 is 2.60 bits per heavy atom. The number of aliphatic hydroxyl groups is 1. The Morgan fingerprint density at radius 1 is 1.25 bits per heavy atom. The second-order valence-corrected chi connectivity index (χ2v) is 6.55. The summed E-state index contributed by atoms with van der Waals surface area (Å²) < 4.78 is 6.24. The third-order valence-corrected chi connectivity index (χ3v) is 5.67. The van der Waals surface area contributed by atoms with Crippen LogP contribution in [0.2, 0.25) is 0 Å². The number of allylic oxidation sites excluding steroid dienone is 1. The van der Waals surface area contributed by atoms with Crippen LogP contribution in [0.4, 0.5) is 0 Å². The highest BCUT2D eigenvalue weighted by atomic mass is 16.5. The molecule has 1 aromatic rings. The van der Waals surface area contributed by atoms with E-state index in [9.17, 15) is 5.11 Å². The van der Waals surface area contributed by atoms with Crippen molar-refractivity contribution < 1.29 is 9.84 Å². The van der Waals surface area contributed by atoms with E-state index in [1.807, 2.05) is 6.07 Å². The molecule has 1 aromatic carbocycles. The molecule has 108 valence electrons. The first-order valence-electron chi connectivity index (χ1n) is 7.56. The smallest absolute Gasteiger partial charge is 0.0893 e. The normalized spacial score (nSPS) is 40.3. The van der Waals surface area contributed by atoms with Gasteiger partial charge in [0.15, 0.2) is 0 Å². The van der Waals surface area contributed by atoms with Gasteiger partial charge in [-0.25, -0.2) is 0 Å². The minimum absolute atomic E-state index is 0.116. The first kappa shape index (κ1) is 13.8. The maximum Gasteiger partial charge on any atom is 0.0893 e. The molecule has 3 rings (SSSR count). The Hall–Kier alpha value is -1.12. The zero-order chi connectivity index (χ0) is 14.3. The van der Waals surface area contributed by atoms with E-state index in [2.05, 4.69) is 51.1 Å². The van der Waals surface area contributed by atoms with Crippen molar-refractivity contribution in [3.05, 3.63) is 47.5 Å². The average Bonchev–Trinajstić information content (AvgIpc) is 2.46. The van der Waals surface area contributed by atoms with Gasteiger partial charge in [-0.05, 0) is 24.3 Å². The monoisotopic (exact) mass is 272 g/mol. The molecule has 3 unspecified atom stereocenters. The van der Waals surface area contributed by atoms with Crippen LogP contribution in [0.5, 0.6) is 0 Å². The molecule has 2 nitrogen and oxygen atoms in total. The van der Waals surface area contributed by atoms with Crippen LogP contribution >= 0.6 is 0 Å².